The summed E-state index contributed by atoms with van der Waals surface area (Å²) in [5, 5.41) is 8.86. The number of nitrogens with zero attached hydrogens (tertiary/aromatic N) is 2. The largest absolute Gasteiger partial charge is 0.375 e. The summed E-state index contributed by atoms with van der Waals surface area (Å²) in [6.07, 6.45) is 1.64. The zero-order chi connectivity index (χ0) is 13.8. The van der Waals surface area contributed by atoms with Crippen LogP contribution in [-0.4, -0.2) is 19.1 Å². The molecule has 0 bridgehead atoms. The molecule has 1 unspecified atom stereocenters. The van der Waals surface area contributed by atoms with Crippen LogP contribution in [0.5, 0.6) is 0 Å². The van der Waals surface area contributed by atoms with E-state index in [2.05, 4.69) is 50.1 Å². The van der Waals surface area contributed by atoms with Crippen LogP contribution in [0.4, 0.5) is 5.69 Å². The second-order valence-corrected chi connectivity index (χ2v) is 5.40. The fourth-order valence-electron chi connectivity index (χ4n) is 2.04. The van der Waals surface area contributed by atoms with Crippen LogP contribution in [0, 0.1) is 25.2 Å². The normalized spacial score (nSPS) is 13.8. The number of hydrogen-bond donors (Lipinski definition) is 1. The van der Waals surface area contributed by atoms with Gasteiger partial charge in [-0.05, 0) is 56.9 Å². The molecule has 1 rings (SSSR count). The lowest BCUT2D eigenvalue weighted by atomic mass is 9.99. The summed E-state index contributed by atoms with van der Waals surface area (Å²) in [6, 6.07) is 8.66. The summed E-state index contributed by atoms with van der Waals surface area (Å²) in [5.41, 5.74) is 8.88. The molecule has 0 heterocycles. The fraction of sp³-hybridized carbons (Fsp3) is 0.533. The van der Waals surface area contributed by atoms with Crippen molar-refractivity contribution in [3.8, 4) is 6.07 Å². The minimum absolute atomic E-state index is 0.705. The van der Waals surface area contributed by atoms with E-state index in [0.717, 1.165) is 19.4 Å². The van der Waals surface area contributed by atoms with Crippen LogP contribution in [-0.2, 0) is 0 Å². The molecule has 0 aliphatic rings. The standard InChI is InChI=1S/C15H23N3/c1-12-8-13(2)10-14(9-12)18(4)7-5-6-15(3,17)11-16/h8-10H,5-7,17H2,1-4H3. The molecule has 3 heteroatoms. The summed E-state index contributed by atoms with van der Waals surface area (Å²) >= 11 is 0. The van der Waals surface area contributed by atoms with Crippen LogP contribution in [0.1, 0.15) is 30.9 Å². The molecule has 0 fully saturated rings. The van der Waals surface area contributed by atoms with E-state index in [9.17, 15) is 0 Å². The van der Waals surface area contributed by atoms with Gasteiger partial charge in [0.1, 0.15) is 5.54 Å². The Balaban J connectivity index is 2.56. The average Bonchev–Trinajstić information content (AvgIpc) is 2.27. The van der Waals surface area contributed by atoms with Crippen molar-refractivity contribution in [2.24, 2.45) is 5.73 Å². The van der Waals surface area contributed by atoms with Gasteiger partial charge in [-0.1, -0.05) is 6.07 Å². The molecule has 18 heavy (non-hydrogen) atoms. The molecule has 0 amide bonds. The third kappa shape index (κ3) is 4.38. The Morgan fingerprint density at radius 1 is 1.28 bits per heavy atom. The molecule has 1 atom stereocenters. The van der Waals surface area contributed by atoms with Crippen molar-refractivity contribution in [2.45, 2.75) is 39.2 Å². The van der Waals surface area contributed by atoms with Gasteiger partial charge in [-0.15, -0.1) is 0 Å². The van der Waals surface area contributed by atoms with Gasteiger partial charge in [0.25, 0.3) is 0 Å². The third-order valence-corrected chi connectivity index (χ3v) is 3.09. The summed E-state index contributed by atoms with van der Waals surface area (Å²) < 4.78 is 0. The average molecular weight is 245 g/mol. The summed E-state index contributed by atoms with van der Waals surface area (Å²) in [5.74, 6) is 0. The molecule has 0 spiro atoms. The monoisotopic (exact) mass is 245 g/mol. The van der Waals surface area contributed by atoms with Crippen molar-refractivity contribution in [1.82, 2.24) is 0 Å². The Morgan fingerprint density at radius 3 is 2.33 bits per heavy atom. The molecule has 0 aliphatic heterocycles. The first-order chi connectivity index (χ1) is 8.34. The van der Waals surface area contributed by atoms with Crippen LogP contribution in [0.2, 0.25) is 0 Å². The highest BCUT2D eigenvalue weighted by Crippen LogP contribution is 2.18. The highest BCUT2D eigenvalue weighted by atomic mass is 15.1. The van der Waals surface area contributed by atoms with Crippen molar-refractivity contribution < 1.29 is 0 Å². The molecule has 0 saturated carbocycles. The Bertz CT molecular complexity index is 423. The maximum absolute atomic E-state index is 8.86. The van der Waals surface area contributed by atoms with Crippen molar-refractivity contribution in [3.63, 3.8) is 0 Å². The topological polar surface area (TPSA) is 53.0 Å². The summed E-state index contributed by atoms with van der Waals surface area (Å²) in [4.78, 5) is 2.22. The SMILES string of the molecule is Cc1cc(C)cc(N(C)CCCC(C)(N)C#N)c1. The first-order valence-corrected chi connectivity index (χ1v) is 6.33. The van der Waals surface area contributed by atoms with Crippen molar-refractivity contribution in [3.05, 3.63) is 29.3 Å². The van der Waals surface area contributed by atoms with Gasteiger partial charge in [0.2, 0.25) is 0 Å². The van der Waals surface area contributed by atoms with Gasteiger partial charge >= 0.3 is 0 Å². The molecule has 2 N–H and O–H groups in total. The first kappa shape index (κ1) is 14.5. The highest BCUT2D eigenvalue weighted by Gasteiger charge is 2.16. The third-order valence-electron chi connectivity index (χ3n) is 3.09. The molecule has 0 saturated heterocycles. The molecule has 0 aromatic heterocycles. The lowest BCUT2D eigenvalue weighted by Gasteiger charge is -2.22. The van der Waals surface area contributed by atoms with Crippen molar-refractivity contribution in [1.29, 1.82) is 5.26 Å². The zero-order valence-corrected chi connectivity index (χ0v) is 11.8. The maximum Gasteiger partial charge on any atom is 0.101 e. The van der Waals surface area contributed by atoms with Gasteiger partial charge in [-0.25, -0.2) is 0 Å². The van der Waals surface area contributed by atoms with Gasteiger partial charge in [0.15, 0.2) is 0 Å². The van der Waals surface area contributed by atoms with Crippen LogP contribution in [0.3, 0.4) is 0 Å². The van der Waals surface area contributed by atoms with Crippen molar-refractivity contribution >= 4 is 5.69 Å². The van der Waals surface area contributed by atoms with Crippen LogP contribution < -0.4 is 10.6 Å². The first-order valence-electron chi connectivity index (χ1n) is 6.33. The predicted octanol–water partition coefficient (Wildman–Crippen LogP) is 2.76. The van der Waals surface area contributed by atoms with Gasteiger partial charge in [-0.2, -0.15) is 5.26 Å². The van der Waals surface area contributed by atoms with E-state index in [-0.39, 0.29) is 0 Å². The van der Waals surface area contributed by atoms with E-state index < -0.39 is 5.54 Å². The van der Waals surface area contributed by atoms with E-state index in [1.807, 2.05) is 0 Å². The van der Waals surface area contributed by atoms with Crippen LogP contribution >= 0.6 is 0 Å². The second-order valence-electron chi connectivity index (χ2n) is 5.40. The van der Waals surface area contributed by atoms with Gasteiger partial charge in [0.05, 0.1) is 6.07 Å². The molecule has 3 nitrogen and oxygen atoms in total. The number of nitriles is 1. The molecule has 98 valence electrons. The Hall–Kier alpha value is -1.53. The maximum atomic E-state index is 8.86. The number of benzene rings is 1. The van der Waals surface area contributed by atoms with E-state index in [0.29, 0.717) is 0 Å². The smallest absolute Gasteiger partial charge is 0.101 e. The van der Waals surface area contributed by atoms with E-state index in [1.165, 1.54) is 16.8 Å². The molecular formula is C15H23N3. The van der Waals surface area contributed by atoms with Gasteiger partial charge < -0.3 is 10.6 Å². The number of aryl methyl sites for hydroxylation is 2. The van der Waals surface area contributed by atoms with E-state index in [1.54, 1.807) is 6.92 Å². The lowest BCUT2D eigenvalue weighted by Crippen LogP contribution is -2.35. The minimum atomic E-state index is -0.705. The van der Waals surface area contributed by atoms with E-state index >= 15 is 0 Å². The highest BCUT2D eigenvalue weighted by molar-refractivity contribution is 5.50. The Kier molecular flexibility index (Phi) is 4.75. The lowest BCUT2D eigenvalue weighted by molar-refractivity contribution is 0.522. The molecular weight excluding hydrogens is 222 g/mol. The molecule has 0 radical (unpaired) electrons. The zero-order valence-electron chi connectivity index (χ0n) is 11.8. The molecule has 1 aromatic carbocycles. The molecule has 1 aromatic rings. The van der Waals surface area contributed by atoms with Gasteiger partial charge in [-0.3, -0.25) is 0 Å². The van der Waals surface area contributed by atoms with E-state index in [4.69, 9.17) is 11.0 Å². The number of rotatable bonds is 5. The predicted molar refractivity (Wildman–Crippen MR) is 76.6 cm³/mol. The Morgan fingerprint density at radius 2 is 1.83 bits per heavy atom. The summed E-state index contributed by atoms with van der Waals surface area (Å²) in [6.45, 7) is 6.91. The van der Waals surface area contributed by atoms with Gasteiger partial charge in [0, 0.05) is 19.3 Å². The fourth-order valence-corrected chi connectivity index (χ4v) is 2.04. The van der Waals surface area contributed by atoms with Crippen molar-refractivity contribution in [2.75, 3.05) is 18.5 Å². The number of nitrogens with two attached hydrogens (primary N) is 1. The second kappa shape index (κ2) is 5.88. The number of hydrogen-bond acceptors (Lipinski definition) is 3. The Labute approximate surface area is 110 Å². The number of anilines is 1. The van der Waals surface area contributed by atoms with Crippen LogP contribution in [0.25, 0.3) is 0 Å². The molecule has 0 aliphatic carbocycles. The minimum Gasteiger partial charge on any atom is -0.375 e. The quantitative estimate of drug-likeness (QED) is 0.867. The summed E-state index contributed by atoms with van der Waals surface area (Å²) in [7, 11) is 2.08. The van der Waals surface area contributed by atoms with Crippen LogP contribution in [0.15, 0.2) is 18.2 Å².